The highest BCUT2D eigenvalue weighted by Gasteiger charge is 2.30. The number of carbonyl (C=O) groups is 2. The van der Waals surface area contributed by atoms with Gasteiger partial charge in [-0.25, -0.2) is 13.2 Å². The van der Waals surface area contributed by atoms with Gasteiger partial charge in [0.25, 0.3) is 0 Å². The molecule has 8 heteroatoms. The maximum atomic E-state index is 12.0. The van der Waals surface area contributed by atoms with Gasteiger partial charge < -0.3 is 15.3 Å². The lowest BCUT2D eigenvalue weighted by atomic mass is 10.1. The number of rotatable bonds is 3. The monoisotopic (exact) mass is 304 g/mol. The van der Waals surface area contributed by atoms with Crippen LogP contribution in [0.5, 0.6) is 0 Å². The van der Waals surface area contributed by atoms with E-state index in [1.165, 1.54) is 0 Å². The second-order valence-electron chi connectivity index (χ2n) is 5.57. The number of carboxylic acid groups (broad SMARTS) is 1. The third-order valence-electron chi connectivity index (χ3n) is 3.92. The number of amides is 2. The number of nitrogens with one attached hydrogen (secondary N) is 1. The molecule has 2 aliphatic rings. The zero-order chi connectivity index (χ0) is 14.8. The minimum absolute atomic E-state index is 0.0185. The number of aliphatic carboxylic acids is 1. The van der Waals surface area contributed by atoms with Crippen LogP contribution in [0.3, 0.4) is 0 Å². The van der Waals surface area contributed by atoms with Gasteiger partial charge in [-0.3, -0.25) is 4.79 Å². The highest BCUT2D eigenvalue weighted by atomic mass is 32.2. The number of hydrogen-bond donors (Lipinski definition) is 2. The summed E-state index contributed by atoms with van der Waals surface area (Å²) in [5.74, 6) is -0.571. The zero-order valence-corrected chi connectivity index (χ0v) is 12.1. The summed E-state index contributed by atoms with van der Waals surface area (Å²) in [5, 5.41) is 11.6. The van der Waals surface area contributed by atoms with Crippen molar-refractivity contribution in [3.05, 3.63) is 0 Å². The van der Waals surface area contributed by atoms with Gasteiger partial charge in [0.05, 0.1) is 11.5 Å². The van der Waals surface area contributed by atoms with E-state index in [1.807, 2.05) is 0 Å². The van der Waals surface area contributed by atoms with Gasteiger partial charge in [-0.05, 0) is 25.2 Å². The predicted molar refractivity (Wildman–Crippen MR) is 72.1 cm³/mol. The molecule has 0 aromatic heterocycles. The number of carboxylic acids is 1. The smallest absolute Gasteiger partial charge is 0.317 e. The first-order chi connectivity index (χ1) is 9.35. The van der Waals surface area contributed by atoms with Crippen LogP contribution in [0.25, 0.3) is 0 Å². The molecule has 0 spiro atoms. The van der Waals surface area contributed by atoms with Crippen molar-refractivity contribution in [1.82, 2.24) is 10.2 Å². The third-order valence-corrected chi connectivity index (χ3v) is 5.63. The summed E-state index contributed by atoms with van der Waals surface area (Å²) in [7, 11) is -2.92. The molecule has 7 nitrogen and oxygen atoms in total. The molecule has 0 aliphatic carbocycles. The maximum Gasteiger partial charge on any atom is 0.317 e. The van der Waals surface area contributed by atoms with Crippen LogP contribution in [0.4, 0.5) is 4.79 Å². The molecule has 0 bridgehead atoms. The van der Waals surface area contributed by atoms with Gasteiger partial charge in [0.1, 0.15) is 9.84 Å². The molecule has 0 radical (unpaired) electrons. The topological polar surface area (TPSA) is 104 Å². The Morgan fingerprint density at radius 3 is 2.45 bits per heavy atom. The minimum Gasteiger partial charge on any atom is -0.481 e. The Balaban J connectivity index is 1.77. The van der Waals surface area contributed by atoms with Gasteiger partial charge in [0.15, 0.2) is 0 Å². The SMILES string of the molecule is O=C(O)CC1CCN(C(=O)NC2CCS(=O)(=O)CC2)C1. The lowest BCUT2D eigenvalue weighted by Crippen LogP contribution is -2.46. The second kappa shape index (κ2) is 5.99. The van der Waals surface area contributed by atoms with E-state index in [1.54, 1.807) is 4.90 Å². The molecule has 0 saturated carbocycles. The standard InChI is InChI=1S/C12H20N2O5S/c15-11(16)7-9-1-4-14(8-9)12(17)13-10-2-5-20(18,19)6-3-10/h9-10H,1-8H2,(H,13,17)(H,15,16). The first-order valence-corrected chi connectivity index (χ1v) is 8.65. The summed E-state index contributed by atoms with van der Waals surface area (Å²) in [6.07, 6.45) is 1.71. The van der Waals surface area contributed by atoms with Gasteiger partial charge in [0.2, 0.25) is 0 Å². The summed E-state index contributed by atoms with van der Waals surface area (Å²) in [5.41, 5.74) is 0. The number of urea groups is 1. The summed E-state index contributed by atoms with van der Waals surface area (Å²) in [6.45, 7) is 1.03. The van der Waals surface area contributed by atoms with Crippen LogP contribution < -0.4 is 5.32 Å². The Kier molecular flexibility index (Phi) is 4.52. The van der Waals surface area contributed by atoms with Crippen LogP contribution in [-0.2, 0) is 14.6 Å². The highest BCUT2D eigenvalue weighted by molar-refractivity contribution is 7.91. The first-order valence-electron chi connectivity index (χ1n) is 6.83. The van der Waals surface area contributed by atoms with E-state index >= 15 is 0 Å². The third kappa shape index (κ3) is 4.09. The van der Waals surface area contributed by atoms with E-state index < -0.39 is 15.8 Å². The van der Waals surface area contributed by atoms with Crippen molar-refractivity contribution in [2.45, 2.75) is 31.7 Å². The molecule has 2 heterocycles. The molecule has 2 N–H and O–H groups in total. The van der Waals surface area contributed by atoms with Gasteiger partial charge in [0, 0.05) is 25.6 Å². The van der Waals surface area contributed by atoms with Crippen molar-refractivity contribution in [2.75, 3.05) is 24.6 Å². The number of sulfone groups is 1. The van der Waals surface area contributed by atoms with Crippen molar-refractivity contribution >= 4 is 21.8 Å². The number of likely N-dealkylation sites (tertiary alicyclic amines) is 1. The van der Waals surface area contributed by atoms with Gasteiger partial charge in [-0.1, -0.05) is 0 Å². The fourth-order valence-electron chi connectivity index (χ4n) is 2.73. The Labute approximate surface area is 118 Å². The Hall–Kier alpha value is -1.31. The fraction of sp³-hybridized carbons (Fsp3) is 0.833. The van der Waals surface area contributed by atoms with Gasteiger partial charge in [-0.2, -0.15) is 0 Å². The molecular weight excluding hydrogens is 284 g/mol. The molecule has 0 aromatic carbocycles. The summed E-state index contributed by atoms with van der Waals surface area (Å²) in [4.78, 5) is 24.3. The van der Waals surface area contributed by atoms with E-state index in [2.05, 4.69) is 5.32 Å². The normalized spacial score (nSPS) is 26.4. The van der Waals surface area contributed by atoms with Crippen LogP contribution in [0.2, 0.25) is 0 Å². The van der Waals surface area contributed by atoms with Crippen molar-refractivity contribution < 1.29 is 23.1 Å². The van der Waals surface area contributed by atoms with Crippen LogP contribution in [0.15, 0.2) is 0 Å². The van der Waals surface area contributed by atoms with Gasteiger partial charge >= 0.3 is 12.0 Å². The van der Waals surface area contributed by atoms with Crippen LogP contribution in [-0.4, -0.2) is 61.1 Å². The molecule has 20 heavy (non-hydrogen) atoms. The van der Waals surface area contributed by atoms with Crippen LogP contribution >= 0.6 is 0 Å². The summed E-state index contributed by atoms with van der Waals surface area (Å²) >= 11 is 0. The van der Waals surface area contributed by atoms with E-state index in [0.717, 1.165) is 0 Å². The largest absolute Gasteiger partial charge is 0.481 e. The van der Waals surface area contributed by atoms with E-state index in [-0.39, 0.29) is 35.9 Å². The fourth-order valence-corrected chi connectivity index (χ4v) is 4.22. The summed E-state index contributed by atoms with van der Waals surface area (Å²) < 4.78 is 22.6. The minimum atomic E-state index is -2.92. The summed E-state index contributed by atoms with van der Waals surface area (Å²) in [6, 6.07) is -0.299. The number of hydrogen-bond acceptors (Lipinski definition) is 4. The molecule has 2 fully saturated rings. The number of carbonyl (C=O) groups excluding carboxylic acids is 1. The molecule has 2 rings (SSSR count). The average Bonchev–Trinajstić information content (AvgIpc) is 2.79. The Morgan fingerprint density at radius 1 is 1.20 bits per heavy atom. The molecule has 2 aliphatic heterocycles. The molecule has 114 valence electrons. The van der Waals surface area contributed by atoms with Crippen LogP contribution in [0, 0.1) is 5.92 Å². The maximum absolute atomic E-state index is 12.0. The Morgan fingerprint density at radius 2 is 1.85 bits per heavy atom. The predicted octanol–water partition coefficient (Wildman–Crippen LogP) is 0.0698. The van der Waals surface area contributed by atoms with Crippen molar-refractivity contribution in [3.63, 3.8) is 0 Å². The molecule has 1 atom stereocenters. The zero-order valence-electron chi connectivity index (χ0n) is 11.2. The van der Waals surface area contributed by atoms with E-state index in [9.17, 15) is 18.0 Å². The quantitative estimate of drug-likeness (QED) is 0.768. The molecule has 2 saturated heterocycles. The second-order valence-corrected chi connectivity index (χ2v) is 7.88. The highest BCUT2D eigenvalue weighted by Crippen LogP contribution is 2.20. The lowest BCUT2D eigenvalue weighted by molar-refractivity contribution is -0.138. The molecule has 1 unspecified atom stereocenters. The molecular formula is C12H20N2O5S. The first kappa shape index (κ1) is 15.1. The lowest BCUT2D eigenvalue weighted by Gasteiger charge is -2.26. The van der Waals surface area contributed by atoms with Crippen molar-refractivity contribution in [3.8, 4) is 0 Å². The van der Waals surface area contributed by atoms with E-state index in [4.69, 9.17) is 5.11 Å². The van der Waals surface area contributed by atoms with Crippen molar-refractivity contribution in [2.24, 2.45) is 5.92 Å². The number of nitrogens with zero attached hydrogens (tertiary/aromatic N) is 1. The Bertz CT molecular complexity index is 476. The van der Waals surface area contributed by atoms with Crippen LogP contribution in [0.1, 0.15) is 25.7 Å². The molecule has 2 amide bonds. The van der Waals surface area contributed by atoms with E-state index in [0.29, 0.717) is 32.4 Å². The molecule has 0 aromatic rings. The van der Waals surface area contributed by atoms with Gasteiger partial charge in [-0.15, -0.1) is 0 Å². The van der Waals surface area contributed by atoms with Crippen molar-refractivity contribution in [1.29, 1.82) is 0 Å². The average molecular weight is 304 g/mol.